The van der Waals surface area contributed by atoms with E-state index in [9.17, 15) is 4.79 Å². The average Bonchev–Trinajstić information content (AvgIpc) is 2.64. The molecule has 1 heterocycles. The lowest BCUT2D eigenvalue weighted by Crippen LogP contribution is -2.42. The molecule has 3 nitrogen and oxygen atoms in total. The van der Waals surface area contributed by atoms with E-state index in [1.165, 1.54) is 18.2 Å². The van der Waals surface area contributed by atoms with Gasteiger partial charge in [0.05, 0.1) is 13.5 Å². The van der Waals surface area contributed by atoms with Crippen molar-refractivity contribution in [2.24, 2.45) is 0 Å². The number of methoxy groups -OCH3 is 1. The van der Waals surface area contributed by atoms with Gasteiger partial charge in [-0.3, -0.25) is 9.69 Å². The second-order valence-electron chi connectivity index (χ2n) is 6.52. The molecule has 0 aromatic heterocycles. The van der Waals surface area contributed by atoms with Gasteiger partial charge >= 0.3 is 5.97 Å². The second-order valence-corrected chi connectivity index (χ2v) is 6.52. The fraction of sp³-hybridized carbons (Fsp3) is 0.381. The summed E-state index contributed by atoms with van der Waals surface area (Å²) >= 11 is 0. The summed E-state index contributed by atoms with van der Waals surface area (Å²) < 4.78 is 4.93. The summed E-state index contributed by atoms with van der Waals surface area (Å²) in [7, 11) is 1.47. The van der Waals surface area contributed by atoms with Crippen LogP contribution in [0.25, 0.3) is 0 Å². The molecule has 1 saturated heterocycles. The van der Waals surface area contributed by atoms with Crippen molar-refractivity contribution in [1.82, 2.24) is 4.90 Å². The van der Waals surface area contributed by atoms with Gasteiger partial charge in [0.15, 0.2) is 0 Å². The smallest absolute Gasteiger partial charge is 0.307 e. The normalized spacial score (nSPS) is 21.4. The first-order valence-electron chi connectivity index (χ1n) is 8.66. The van der Waals surface area contributed by atoms with Crippen molar-refractivity contribution in [3.8, 4) is 0 Å². The summed E-state index contributed by atoms with van der Waals surface area (Å²) in [4.78, 5) is 14.3. The van der Waals surface area contributed by atoms with Crippen molar-refractivity contribution >= 4 is 5.97 Å². The van der Waals surface area contributed by atoms with Crippen molar-refractivity contribution in [2.45, 2.75) is 37.8 Å². The molecule has 0 N–H and O–H groups in total. The molecule has 24 heavy (non-hydrogen) atoms. The lowest BCUT2D eigenvalue weighted by atomic mass is 9.84. The van der Waals surface area contributed by atoms with Crippen LogP contribution in [0, 0.1) is 0 Å². The third kappa shape index (κ3) is 4.24. The van der Waals surface area contributed by atoms with Crippen LogP contribution in [0.15, 0.2) is 60.7 Å². The number of ether oxygens (including phenoxy) is 1. The largest absolute Gasteiger partial charge is 0.469 e. The molecule has 0 bridgehead atoms. The van der Waals surface area contributed by atoms with Crippen molar-refractivity contribution in [2.75, 3.05) is 13.7 Å². The van der Waals surface area contributed by atoms with Gasteiger partial charge in [-0.2, -0.15) is 0 Å². The highest BCUT2D eigenvalue weighted by atomic mass is 16.5. The van der Waals surface area contributed by atoms with Crippen LogP contribution in [0.3, 0.4) is 0 Å². The van der Waals surface area contributed by atoms with E-state index in [1.54, 1.807) is 0 Å². The first kappa shape index (κ1) is 16.7. The molecule has 2 atom stereocenters. The number of carbonyl (C=O) groups is 1. The molecule has 126 valence electrons. The van der Waals surface area contributed by atoms with Crippen LogP contribution in [0.5, 0.6) is 0 Å². The summed E-state index contributed by atoms with van der Waals surface area (Å²) in [5.41, 5.74) is 2.68. The molecule has 1 fully saturated rings. The Morgan fingerprint density at radius 3 is 2.42 bits per heavy atom. The van der Waals surface area contributed by atoms with Crippen LogP contribution in [0.2, 0.25) is 0 Å². The van der Waals surface area contributed by atoms with E-state index >= 15 is 0 Å². The molecule has 0 saturated carbocycles. The van der Waals surface area contributed by atoms with E-state index < -0.39 is 0 Å². The number of hydrogen-bond acceptors (Lipinski definition) is 3. The minimum absolute atomic E-state index is 0.119. The van der Waals surface area contributed by atoms with E-state index in [1.807, 2.05) is 6.07 Å². The van der Waals surface area contributed by atoms with E-state index in [4.69, 9.17) is 4.74 Å². The number of piperidine rings is 1. The van der Waals surface area contributed by atoms with Gasteiger partial charge in [0.1, 0.15) is 0 Å². The molecule has 0 unspecified atom stereocenters. The van der Waals surface area contributed by atoms with E-state index in [0.717, 1.165) is 25.9 Å². The van der Waals surface area contributed by atoms with Gasteiger partial charge in [-0.1, -0.05) is 60.7 Å². The zero-order chi connectivity index (χ0) is 16.8. The maximum atomic E-state index is 11.9. The molecular weight excluding hydrogens is 298 g/mol. The molecule has 1 aliphatic heterocycles. The standard InChI is InChI=1S/C21H25NO2/c1-24-21(23)15-20-14-19(18-10-6-3-7-11-18)12-13-22(20)16-17-8-4-2-5-9-17/h2-11,19-20H,12-16H2,1H3/t19-,20+/m0/s1. The van der Waals surface area contributed by atoms with Gasteiger partial charge in [0.25, 0.3) is 0 Å². The molecule has 0 aliphatic carbocycles. The van der Waals surface area contributed by atoms with Crippen molar-refractivity contribution < 1.29 is 9.53 Å². The van der Waals surface area contributed by atoms with Crippen molar-refractivity contribution in [3.05, 3.63) is 71.8 Å². The molecule has 1 aliphatic rings. The molecule has 2 aromatic rings. The van der Waals surface area contributed by atoms with E-state index in [0.29, 0.717) is 12.3 Å². The highest BCUT2D eigenvalue weighted by Gasteiger charge is 2.31. The molecule has 2 aromatic carbocycles. The lowest BCUT2D eigenvalue weighted by Gasteiger charge is -2.39. The Hall–Kier alpha value is -2.13. The molecular formula is C21H25NO2. The van der Waals surface area contributed by atoms with Gasteiger partial charge in [-0.05, 0) is 36.4 Å². The van der Waals surface area contributed by atoms with Crippen LogP contribution >= 0.6 is 0 Å². The molecule has 3 rings (SSSR count). The predicted octanol–water partition coefficient (Wildman–Crippen LogP) is 4.00. The Labute approximate surface area is 144 Å². The Kier molecular flexibility index (Phi) is 5.65. The van der Waals surface area contributed by atoms with Gasteiger partial charge < -0.3 is 4.74 Å². The van der Waals surface area contributed by atoms with Gasteiger partial charge in [0, 0.05) is 12.6 Å². The number of hydrogen-bond donors (Lipinski definition) is 0. The molecule has 3 heteroatoms. The van der Waals surface area contributed by atoms with Crippen LogP contribution in [0.4, 0.5) is 0 Å². The molecule has 0 radical (unpaired) electrons. The summed E-state index contributed by atoms with van der Waals surface area (Å²) in [6.45, 7) is 1.90. The van der Waals surface area contributed by atoms with E-state index in [-0.39, 0.29) is 12.0 Å². The average molecular weight is 323 g/mol. The monoisotopic (exact) mass is 323 g/mol. The molecule has 0 spiro atoms. The summed E-state index contributed by atoms with van der Waals surface area (Å²) in [6.07, 6.45) is 2.60. The molecule has 0 amide bonds. The van der Waals surface area contributed by atoms with Crippen molar-refractivity contribution in [3.63, 3.8) is 0 Å². The Morgan fingerprint density at radius 1 is 1.08 bits per heavy atom. The number of rotatable bonds is 5. The fourth-order valence-corrected chi connectivity index (χ4v) is 3.64. The summed E-state index contributed by atoms with van der Waals surface area (Å²) in [6, 6.07) is 21.4. The number of likely N-dealkylation sites (tertiary alicyclic amines) is 1. The van der Waals surface area contributed by atoms with Crippen molar-refractivity contribution in [1.29, 1.82) is 0 Å². The highest BCUT2D eigenvalue weighted by molar-refractivity contribution is 5.70. The third-order valence-electron chi connectivity index (χ3n) is 4.97. The van der Waals surface area contributed by atoms with Gasteiger partial charge in [0.2, 0.25) is 0 Å². The first-order valence-corrected chi connectivity index (χ1v) is 8.66. The zero-order valence-corrected chi connectivity index (χ0v) is 14.2. The number of esters is 1. The quantitative estimate of drug-likeness (QED) is 0.779. The second kappa shape index (κ2) is 8.11. The Balaban J connectivity index is 1.73. The number of benzene rings is 2. The zero-order valence-electron chi connectivity index (χ0n) is 14.2. The highest BCUT2D eigenvalue weighted by Crippen LogP contribution is 2.33. The van der Waals surface area contributed by atoms with Crippen LogP contribution in [0.1, 0.15) is 36.3 Å². The predicted molar refractivity (Wildman–Crippen MR) is 95.7 cm³/mol. The topological polar surface area (TPSA) is 29.5 Å². The summed E-state index contributed by atoms with van der Waals surface area (Å²) in [5, 5.41) is 0. The van der Waals surface area contributed by atoms with Gasteiger partial charge in [-0.15, -0.1) is 0 Å². The minimum atomic E-state index is -0.119. The van der Waals surface area contributed by atoms with Crippen LogP contribution in [-0.4, -0.2) is 30.6 Å². The lowest BCUT2D eigenvalue weighted by molar-refractivity contribution is -0.142. The maximum absolute atomic E-state index is 11.9. The third-order valence-corrected chi connectivity index (χ3v) is 4.97. The maximum Gasteiger partial charge on any atom is 0.307 e. The first-order chi connectivity index (χ1) is 11.8. The Bertz CT molecular complexity index is 641. The van der Waals surface area contributed by atoms with Gasteiger partial charge in [-0.25, -0.2) is 0 Å². The number of carbonyl (C=O) groups excluding carboxylic acids is 1. The summed E-state index contributed by atoms with van der Waals surface area (Å²) in [5.74, 6) is 0.402. The SMILES string of the molecule is COC(=O)C[C@H]1C[C@@H](c2ccccc2)CCN1Cc1ccccc1. The fourth-order valence-electron chi connectivity index (χ4n) is 3.64. The minimum Gasteiger partial charge on any atom is -0.469 e. The van der Waals surface area contributed by atoms with Crippen LogP contribution < -0.4 is 0 Å². The number of nitrogens with zero attached hydrogens (tertiary/aromatic N) is 1. The van der Waals surface area contributed by atoms with Crippen LogP contribution in [-0.2, 0) is 16.1 Å². The Morgan fingerprint density at radius 2 is 1.75 bits per heavy atom. The van der Waals surface area contributed by atoms with E-state index in [2.05, 4.69) is 59.5 Å².